The zero-order valence-electron chi connectivity index (χ0n) is 11.0. The molecule has 0 aliphatic carbocycles. The minimum atomic E-state index is -0.695. The Morgan fingerprint density at radius 2 is 1.90 bits per heavy atom. The maximum absolute atomic E-state index is 13.8. The lowest BCUT2D eigenvalue weighted by Crippen LogP contribution is -2.38. The molecule has 0 radical (unpaired) electrons. The van der Waals surface area contributed by atoms with Gasteiger partial charge in [-0.3, -0.25) is 4.79 Å². The SMILES string of the molecule is Nc1ccc2c(c1)N(Cc1c(F)cccc1F)C(=O)CO2. The van der Waals surface area contributed by atoms with E-state index in [4.69, 9.17) is 10.5 Å². The Hall–Kier alpha value is -2.63. The van der Waals surface area contributed by atoms with E-state index in [1.165, 1.54) is 11.0 Å². The van der Waals surface area contributed by atoms with Gasteiger partial charge in [0.25, 0.3) is 5.91 Å². The number of hydrogen-bond acceptors (Lipinski definition) is 3. The number of carbonyl (C=O) groups excluding carboxylic acids is 1. The molecule has 2 aromatic rings. The number of anilines is 2. The number of fused-ring (bicyclic) bond motifs is 1. The third-order valence-electron chi connectivity index (χ3n) is 3.30. The van der Waals surface area contributed by atoms with Gasteiger partial charge in [0, 0.05) is 11.3 Å². The Labute approximate surface area is 119 Å². The summed E-state index contributed by atoms with van der Waals surface area (Å²) in [6.45, 7) is -0.385. The van der Waals surface area contributed by atoms with E-state index in [1.54, 1.807) is 18.2 Å². The van der Waals surface area contributed by atoms with Crippen molar-refractivity contribution in [1.29, 1.82) is 0 Å². The molecular weight excluding hydrogens is 278 g/mol. The van der Waals surface area contributed by atoms with Gasteiger partial charge in [0.1, 0.15) is 17.4 Å². The van der Waals surface area contributed by atoms with Crippen molar-refractivity contribution >= 4 is 17.3 Å². The number of hydrogen-bond donors (Lipinski definition) is 1. The molecule has 0 bridgehead atoms. The maximum atomic E-state index is 13.8. The van der Waals surface area contributed by atoms with E-state index in [9.17, 15) is 13.6 Å². The highest BCUT2D eigenvalue weighted by Gasteiger charge is 2.27. The average Bonchev–Trinajstić information content (AvgIpc) is 2.45. The van der Waals surface area contributed by atoms with Crippen LogP contribution in [0.4, 0.5) is 20.2 Å². The minimum absolute atomic E-state index is 0.166. The summed E-state index contributed by atoms with van der Waals surface area (Å²) in [5.74, 6) is -1.31. The van der Waals surface area contributed by atoms with Crippen molar-refractivity contribution in [3.63, 3.8) is 0 Å². The van der Waals surface area contributed by atoms with E-state index in [2.05, 4.69) is 0 Å². The lowest BCUT2D eigenvalue weighted by molar-refractivity contribution is -0.121. The van der Waals surface area contributed by atoms with E-state index < -0.39 is 11.6 Å². The summed E-state index contributed by atoms with van der Waals surface area (Å²) >= 11 is 0. The molecule has 0 fully saturated rings. The van der Waals surface area contributed by atoms with E-state index in [0.717, 1.165) is 12.1 Å². The molecule has 0 saturated carbocycles. The minimum Gasteiger partial charge on any atom is -0.482 e. The molecule has 0 saturated heterocycles. The van der Waals surface area contributed by atoms with Crippen LogP contribution in [-0.4, -0.2) is 12.5 Å². The van der Waals surface area contributed by atoms with Crippen molar-refractivity contribution in [2.45, 2.75) is 6.54 Å². The van der Waals surface area contributed by atoms with Gasteiger partial charge >= 0.3 is 0 Å². The molecule has 1 aliphatic rings. The molecule has 4 nitrogen and oxygen atoms in total. The Balaban J connectivity index is 2.03. The van der Waals surface area contributed by atoms with E-state index in [-0.39, 0.29) is 24.6 Å². The third kappa shape index (κ3) is 2.40. The second-order valence-corrected chi connectivity index (χ2v) is 4.70. The Bertz CT molecular complexity index is 699. The number of carbonyl (C=O) groups is 1. The number of nitrogens with zero attached hydrogens (tertiary/aromatic N) is 1. The summed E-state index contributed by atoms with van der Waals surface area (Å²) in [5, 5.41) is 0. The summed E-state index contributed by atoms with van der Waals surface area (Å²) in [6, 6.07) is 8.40. The van der Waals surface area contributed by atoms with E-state index >= 15 is 0 Å². The van der Waals surface area contributed by atoms with Gasteiger partial charge in [-0.15, -0.1) is 0 Å². The Morgan fingerprint density at radius 1 is 1.19 bits per heavy atom. The van der Waals surface area contributed by atoms with Crippen molar-refractivity contribution in [2.75, 3.05) is 17.2 Å². The van der Waals surface area contributed by atoms with Crippen LogP contribution in [0.15, 0.2) is 36.4 Å². The average molecular weight is 290 g/mol. The highest BCUT2D eigenvalue weighted by molar-refractivity contribution is 5.98. The molecule has 0 aromatic heterocycles. The molecule has 1 heterocycles. The molecule has 3 rings (SSSR count). The predicted octanol–water partition coefficient (Wildman–Crippen LogP) is 2.47. The first-order valence-corrected chi connectivity index (χ1v) is 6.32. The summed E-state index contributed by atoms with van der Waals surface area (Å²) < 4.78 is 32.8. The van der Waals surface area contributed by atoms with Crippen LogP contribution in [0.3, 0.4) is 0 Å². The van der Waals surface area contributed by atoms with Crippen molar-refractivity contribution < 1.29 is 18.3 Å². The number of halogens is 2. The molecule has 2 N–H and O–H groups in total. The summed E-state index contributed by atoms with van der Waals surface area (Å²) in [6.07, 6.45) is 0. The van der Waals surface area contributed by atoms with Crippen molar-refractivity contribution in [3.05, 3.63) is 53.6 Å². The highest BCUT2D eigenvalue weighted by Crippen LogP contribution is 2.35. The smallest absolute Gasteiger partial charge is 0.265 e. The van der Waals surface area contributed by atoms with E-state index in [1.807, 2.05) is 0 Å². The van der Waals surface area contributed by atoms with Crippen molar-refractivity contribution in [2.24, 2.45) is 0 Å². The highest BCUT2D eigenvalue weighted by atomic mass is 19.1. The van der Waals surface area contributed by atoms with Gasteiger partial charge in [0.15, 0.2) is 6.61 Å². The van der Waals surface area contributed by atoms with Gasteiger partial charge in [0.05, 0.1) is 12.2 Å². The fourth-order valence-corrected chi connectivity index (χ4v) is 2.23. The summed E-state index contributed by atoms with van der Waals surface area (Å²) in [4.78, 5) is 13.3. The molecule has 21 heavy (non-hydrogen) atoms. The molecule has 2 aromatic carbocycles. The van der Waals surface area contributed by atoms with Crippen LogP contribution in [0, 0.1) is 11.6 Å². The van der Waals surface area contributed by atoms with Crippen LogP contribution in [0.2, 0.25) is 0 Å². The largest absolute Gasteiger partial charge is 0.482 e. The van der Waals surface area contributed by atoms with Gasteiger partial charge < -0.3 is 15.4 Å². The van der Waals surface area contributed by atoms with E-state index in [0.29, 0.717) is 17.1 Å². The summed E-state index contributed by atoms with van der Waals surface area (Å²) in [5.41, 5.74) is 6.38. The number of ether oxygens (including phenoxy) is 1. The number of amides is 1. The fraction of sp³-hybridized carbons (Fsp3) is 0.133. The lowest BCUT2D eigenvalue weighted by atomic mass is 10.1. The number of nitrogens with two attached hydrogens (primary N) is 1. The maximum Gasteiger partial charge on any atom is 0.265 e. The standard InChI is InChI=1S/C15H12F2N2O2/c16-11-2-1-3-12(17)10(11)7-19-13-6-9(18)4-5-14(13)21-8-15(19)20/h1-6H,7-8,18H2. The fourth-order valence-electron chi connectivity index (χ4n) is 2.23. The molecule has 108 valence electrons. The van der Waals surface area contributed by atoms with Gasteiger partial charge in [-0.2, -0.15) is 0 Å². The molecule has 1 aliphatic heterocycles. The zero-order valence-corrected chi connectivity index (χ0v) is 11.0. The monoisotopic (exact) mass is 290 g/mol. The number of nitrogen functional groups attached to an aromatic ring is 1. The van der Waals surface area contributed by atoms with Crippen LogP contribution in [0.5, 0.6) is 5.75 Å². The quantitative estimate of drug-likeness (QED) is 0.864. The van der Waals surface area contributed by atoms with Crippen molar-refractivity contribution in [3.8, 4) is 5.75 Å². The second-order valence-electron chi connectivity index (χ2n) is 4.70. The summed E-state index contributed by atoms with van der Waals surface area (Å²) in [7, 11) is 0. The Morgan fingerprint density at radius 3 is 2.62 bits per heavy atom. The molecular formula is C15H12F2N2O2. The van der Waals surface area contributed by atoms with Crippen LogP contribution in [0.1, 0.15) is 5.56 Å². The second kappa shape index (κ2) is 5.05. The predicted molar refractivity (Wildman–Crippen MR) is 73.9 cm³/mol. The first-order valence-electron chi connectivity index (χ1n) is 6.32. The first kappa shape index (κ1) is 13.4. The molecule has 1 amide bonds. The lowest BCUT2D eigenvalue weighted by Gasteiger charge is -2.29. The zero-order chi connectivity index (χ0) is 15.0. The third-order valence-corrected chi connectivity index (χ3v) is 3.30. The van der Waals surface area contributed by atoms with Gasteiger partial charge in [-0.25, -0.2) is 8.78 Å². The topological polar surface area (TPSA) is 55.6 Å². The molecule has 6 heteroatoms. The van der Waals surface area contributed by atoms with Crippen LogP contribution >= 0.6 is 0 Å². The number of benzene rings is 2. The first-order chi connectivity index (χ1) is 10.1. The van der Waals surface area contributed by atoms with Gasteiger partial charge in [-0.05, 0) is 30.3 Å². The number of rotatable bonds is 2. The normalized spacial score (nSPS) is 13.8. The van der Waals surface area contributed by atoms with Gasteiger partial charge in [-0.1, -0.05) is 6.07 Å². The molecule has 0 unspecified atom stereocenters. The van der Waals surface area contributed by atoms with Crippen LogP contribution < -0.4 is 15.4 Å². The van der Waals surface area contributed by atoms with Crippen LogP contribution in [-0.2, 0) is 11.3 Å². The van der Waals surface area contributed by atoms with Gasteiger partial charge in [0.2, 0.25) is 0 Å². The Kier molecular flexibility index (Phi) is 3.21. The van der Waals surface area contributed by atoms with Crippen LogP contribution in [0.25, 0.3) is 0 Å². The molecule has 0 atom stereocenters. The molecule has 0 spiro atoms. The van der Waals surface area contributed by atoms with Crippen molar-refractivity contribution in [1.82, 2.24) is 0 Å².